The molecule has 584 valence electrons. The van der Waals surface area contributed by atoms with E-state index in [-0.39, 0.29) is 14.9 Å². The van der Waals surface area contributed by atoms with Crippen LogP contribution in [-0.2, 0) is 10.8 Å². The van der Waals surface area contributed by atoms with Crippen LogP contribution in [0.15, 0.2) is 461 Å². The first-order chi connectivity index (χ1) is 60.5. The second kappa shape index (κ2) is 31.4. The van der Waals surface area contributed by atoms with Gasteiger partial charge >= 0.3 is 0 Å². The Morgan fingerprint density at radius 3 is 0.750 bits per heavy atom. The molecule has 0 aliphatic heterocycles. The molecule has 0 radical (unpaired) electrons. The van der Waals surface area contributed by atoms with E-state index in [0.29, 0.717) is 11.6 Å². The number of hydrogen-bond acceptors (Lipinski definition) is 4. The normalized spacial score (nSPS) is 12.5. The first-order valence-electron chi connectivity index (χ1n) is 42.0. The fourth-order valence-corrected chi connectivity index (χ4v) is 20.3. The average Bonchev–Trinajstić information content (AvgIpc) is 1.52. The van der Waals surface area contributed by atoms with Gasteiger partial charge in [0.25, 0.3) is 0 Å². The highest BCUT2D eigenvalue weighted by Gasteiger charge is 2.52. The van der Waals surface area contributed by atoms with Crippen LogP contribution in [0.4, 0.5) is 0 Å². The Morgan fingerprint density at radius 1 is 0.129 bits per heavy atom. The molecule has 4 nitrogen and oxygen atoms in total. The van der Waals surface area contributed by atoms with Crippen molar-refractivity contribution in [1.29, 1.82) is 0 Å². The van der Waals surface area contributed by atoms with E-state index in [1.807, 2.05) is 0 Å². The van der Waals surface area contributed by atoms with Crippen LogP contribution in [0.3, 0.4) is 0 Å². The molecule has 124 heavy (non-hydrogen) atoms. The van der Waals surface area contributed by atoms with E-state index in [1.54, 1.807) is 0 Å². The predicted molar refractivity (Wildman–Crippen MR) is 515 cm³/mol. The summed E-state index contributed by atoms with van der Waals surface area (Å²) in [5, 5.41) is 0. The smallest absolute Gasteiger partial charge is 0.161 e. The van der Waals surface area contributed by atoms with E-state index in [2.05, 4.69) is 461 Å². The van der Waals surface area contributed by atoms with Crippen LogP contribution in [0, 0.1) is 0 Å². The summed E-state index contributed by atoms with van der Waals surface area (Å²) in [4.78, 5) is 21.8. The number of hydrogen-bond donors (Lipinski definition) is 0. The van der Waals surface area contributed by atoms with Crippen LogP contribution in [-0.4, -0.2) is 19.9 Å². The highest BCUT2D eigenvalue weighted by Crippen LogP contribution is 2.65. The molecule has 2 spiro atoms. The molecule has 0 N–H and O–H groups in total. The summed E-state index contributed by atoms with van der Waals surface area (Å²) in [6.45, 7) is 0. The van der Waals surface area contributed by atoms with Crippen LogP contribution in [0.2, 0.25) is 0 Å². The van der Waals surface area contributed by atoms with Crippen molar-refractivity contribution in [2.24, 2.45) is 0 Å². The summed E-state index contributed by atoms with van der Waals surface area (Å²) >= 11 is 0. The Kier molecular flexibility index (Phi) is 19.1. The van der Waals surface area contributed by atoms with Gasteiger partial charge in [0.2, 0.25) is 0 Å². The molecule has 20 aromatic rings. The van der Waals surface area contributed by atoms with Crippen molar-refractivity contribution < 1.29 is 0 Å². The number of aromatic nitrogens is 4. The highest BCUT2D eigenvalue weighted by atomic mass is 14.9. The van der Waals surface area contributed by atoms with E-state index in [4.69, 9.17) is 19.9 Å². The Labute approximate surface area is 725 Å². The third-order valence-electron chi connectivity index (χ3n) is 25.5. The minimum Gasteiger partial charge on any atom is -0.228 e. The molecule has 0 atom stereocenters. The molecule has 0 bridgehead atoms. The van der Waals surface area contributed by atoms with E-state index in [9.17, 15) is 0 Å². The molecule has 24 rings (SSSR count). The monoisotopic (exact) mass is 1580 g/mol. The summed E-state index contributed by atoms with van der Waals surface area (Å²) in [7, 11) is 0. The van der Waals surface area contributed by atoms with Crippen LogP contribution in [0.1, 0.15) is 59.4 Å². The molecule has 18 aromatic carbocycles. The summed E-state index contributed by atoms with van der Waals surface area (Å²) in [6, 6.07) is 167. The topological polar surface area (TPSA) is 51.6 Å². The van der Waals surface area contributed by atoms with Crippen molar-refractivity contribution in [3.05, 3.63) is 506 Å². The quantitative estimate of drug-likeness (QED) is 0.137. The molecule has 0 fully saturated rings. The zero-order valence-electron chi connectivity index (χ0n) is 66.7. The largest absolute Gasteiger partial charge is 0.228 e. The number of nitrogens with zero attached hydrogens (tertiary/aromatic N) is 4. The van der Waals surface area contributed by atoms with Gasteiger partial charge in [-0.3, -0.25) is 0 Å². The zero-order chi connectivity index (χ0) is 80.7. The van der Waals surface area contributed by atoms with Gasteiger partial charge in [-0.1, -0.05) is 458 Å². The second-order valence-electron chi connectivity index (χ2n) is 32.0. The van der Waals surface area contributed by atoms with Crippen molar-refractivity contribution in [3.63, 3.8) is 0 Å². The Bertz CT molecular complexity index is 7350. The van der Waals surface area contributed by atoms with Crippen molar-refractivity contribution in [2.75, 3.05) is 0 Å². The molecule has 0 saturated heterocycles. The summed E-state index contributed by atoms with van der Waals surface area (Å²) in [5.74, 6) is 1.38. The molecule has 2 heterocycles. The van der Waals surface area contributed by atoms with E-state index in [1.165, 1.54) is 134 Å². The van der Waals surface area contributed by atoms with Gasteiger partial charge in [0.05, 0.1) is 33.6 Å². The highest BCUT2D eigenvalue weighted by molar-refractivity contribution is 6.04. The lowest BCUT2D eigenvalue weighted by atomic mass is 9.66. The average molecular weight is 1580 g/mol. The predicted octanol–water partition coefficient (Wildman–Crippen LogP) is 30.9. The number of rotatable bonds is 10. The summed E-state index contributed by atoms with van der Waals surface area (Å²) < 4.78 is 0. The van der Waals surface area contributed by atoms with Gasteiger partial charge in [-0.15, -0.1) is 0 Å². The maximum atomic E-state index is 5.56. The molecule has 4 aliphatic carbocycles. The number of benzene rings is 18. The van der Waals surface area contributed by atoms with Crippen molar-refractivity contribution in [1.82, 2.24) is 19.9 Å². The number of fused-ring (bicyclic) bond motifs is 24. The van der Waals surface area contributed by atoms with Gasteiger partial charge < -0.3 is 0 Å². The molecule has 0 amide bonds. The maximum Gasteiger partial charge on any atom is 0.161 e. The SMILES string of the molecule is C.C.c1ccc(-c2ccc(-c3cc(-c4cccc5c4-c4ccccc4C54c5ccccc5-c5ccccc5-c5ccccc54)nc(-c4cccc(-c5ccccc5)c4)n3)cc2)cc1.c1ccc(-c2ccc(-c3cc(-c4cccc5c4-c4ccccc4C54c5ccccc5-c5ccccc5-c5ccccc54)nc(-c4ccccc4-c4ccccc4)n3)cc2)cc1. The van der Waals surface area contributed by atoms with E-state index in [0.717, 1.165) is 78.4 Å². The maximum absolute atomic E-state index is 5.56. The molecule has 2 aromatic heterocycles. The van der Waals surface area contributed by atoms with Crippen LogP contribution < -0.4 is 0 Å². The lowest BCUT2D eigenvalue weighted by molar-refractivity contribution is 0.775. The molecule has 0 unspecified atom stereocenters. The van der Waals surface area contributed by atoms with E-state index < -0.39 is 10.8 Å². The van der Waals surface area contributed by atoms with Gasteiger partial charge in [-0.2, -0.15) is 0 Å². The van der Waals surface area contributed by atoms with Crippen LogP contribution in [0.5, 0.6) is 0 Å². The zero-order valence-corrected chi connectivity index (χ0v) is 66.7. The summed E-state index contributed by atoms with van der Waals surface area (Å²) in [5.41, 5.74) is 43.0. The molecule has 0 saturated carbocycles. The minimum absolute atomic E-state index is 0. The fraction of sp³-hybridized carbons (Fsp3) is 0.0333. The van der Waals surface area contributed by atoms with Gasteiger partial charge in [0, 0.05) is 33.4 Å². The van der Waals surface area contributed by atoms with Gasteiger partial charge in [-0.05, 0) is 174 Å². The first kappa shape index (κ1) is 75.6. The van der Waals surface area contributed by atoms with Gasteiger partial charge in [0.1, 0.15) is 0 Å². The molecule has 4 heteroatoms. The minimum atomic E-state index is -0.583. The lowest BCUT2D eigenvalue weighted by Gasteiger charge is -2.35. The Balaban J connectivity index is 0.000000150. The summed E-state index contributed by atoms with van der Waals surface area (Å²) in [6.07, 6.45) is 0. The van der Waals surface area contributed by atoms with Crippen molar-refractivity contribution in [2.45, 2.75) is 25.7 Å². The molecular formula is C120H84N4. The van der Waals surface area contributed by atoms with Gasteiger partial charge in [0.15, 0.2) is 11.6 Å². The molecular weight excluding hydrogens is 1500 g/mol. The Hall–Kier alpha value is -15.9. The first-order valence-corrected chi connectivity index (χ1v) is 42.0. The van der Waals surface area contributed by atoms with Crippen LogP contribution >= 0.6 is 0 Å². The van der Waals surface area contributed by atoms with Crippen molar-refractivity contribution >= 4 is 0 Å². The third-order valence-corrected chi connectivity index (χ3v) is 25.5. The fourth-order valence-electron chi connectivity index (χ4n) is 20.3. The lowest BCUT2D eigenvalue weighted by Crippen LogP contribution is -2.29. The van der Waals surface area contributed by atoms with E-state index >= 15 is 0 Å². The second-order valence-corrected chi connectivity index (χ2v) is 32.0. The Morgan fingerprint density at radius 2 is 0.363 bits per heavy atom. The van der Waals surface area contributed by atoms with Gasteiger partial charge in [-0.25, -0.2) is 19.9 Å². The van der Waals surface area contributed by atoms with Crippen molar-refractivity contribution in [3.8, 4) is 179 Å². The standard InChI is InChI=1S/2C59H38N2.2CH4/c1-3-18-39(19-4-1)40-34-36-42(37-35-40)55-38-56(61-58(60-55)48-27-10-7-22-43(48)41-20-5-2-6-21-41)50-29-17-33-54-57(50)49-28-13-16-32-53(49)59(54)51-30-14-11-25-46(51)44-23-8-9-24-45(44)47-26-12-15-31-52(47)59;1-3-17-39(18-4-1)41-33-35-42(36-34-41)55-38-56(61-58(60-55)44-22-15-21-43(37-44)40-19-5-2-6-20-40)50-28-16-32-54-57(50)49-27-11-14-31-53(49)59(54)51-29-12-9-25-47(51)45-23-7-8-24-46(45)48-26-10-13-30-52(48)59;;/h2*1-38H;2*1H4. The van der Waals surface area contributed by atoms with Crippen LogP contribution in [0.25, 0.3) is 179 Å². The third kappa shape index (κ3) is 12.3. The molecule has 4 aliphatic rings.